The van der Waals surface area contributed by atoms with Crippen LogP contribution in [-0.2, 0) is 9.53 Å². The molecule has 1 fully saturated rings. The minimum absolute atomic E-state index is 0.330. The first-order valence-electron chi connectivity index (χ1n) is 7.11. The van der Waals surface area contributed by atoms with E-state index in [1.807, 2.05) is 6.07 Å². The fourth-order valence-corrected chi connectivity index (χ4v) is 3.09. The quantitative estimate of drug-likeness (QED) is 0.630. The molecule has 0 unspecified atom stereocenters. The molecule has 2 aromatic rings. The van der Waals surface area contributed by atoms with Crippen molar-refractivity contribution in [3.63, 3.8) is 0 Å². The molecule has 0 spiro atoms. The summed E-state index contributed by atoms with van der Waals surface area (Å²) in [7, 11) is 1.32. The number of benzene rings is 2. The van der Waals surface area contributed by atoms with Crippen molar-refractivity contribution in [3.05, 3.63) is 70.6 Å². The molecule has 1 heterocycles. The lowest BCUT2D eigenvalue weighted by Gasteiger charge is -2.11. The largest absolute Gasteiger partial charge is 0.465 e. The average molecular weight is 339 g/mol. The number of esters is 1. The standard InChI is InChI=1S/C18H13NO4S/c1-23-17(21)13-9-7-12(8-10-13)11-15-16(20)19(18(22)24-15)14-5-3-2-4-6-14/h2-11H,1H3/b15-11-. The molecule has 0 atom stereocenters. The Labute approximate surface area is 142 Å². The molecule has 2 amide bonds. The lowest BCUT2D eigenvalue weighted by atomic mass is 10.1. The summed E-state index contributed by atoms with van der Waals surface area (Å²) in [5.74, 6) is -0.779. The molecule has 1 aliphatic rings. The molecule has 120 valence electrons. The van der Waals surface area contributed by atoms with E-state index in [1.165, 1.54) is 7.11 Å². The van der Waals surface area contributed by atoms with Crippen LogP contribution < -0.4 is 4.90 Å². The molecular weight excluding hydrogens is 326 g/mol. The van der Waals surface area contributed by atoms with Gasteiger partial charge in [0.15, 0.2) is 0 Å². The third kappa shape index (κ3) is 3.09. The molecule has 1 saturated heterocycles. The minimum Gasteiger partial charge on any atom is -0.465 e. The number of nitrogens with zero attached hydrogens (tertiary/aromatic N) is 1. The van der Waals surface area contributed by atoms with Crippen molar-refractivity contribution in [3.8, 4) is 0 Å². The smallest absolute Gasteiger partial charge is 0.337 e. The van der Waals surface area contributed by atoms with Crippen molar-refractivity contribution in [2.75, 3.05) is 12.0 Å². The number of carbonyl (C=O) groups is 3. The Balaban J connectivity index is 1.85. The zero-order valence-corrected chi connectivity index (χ0v) is 13.6. The zero-order chi connectivity index (χ0) is 17.1. The van der Waals surface area contributed by atoms with Crippen LogP contribution >= 0.6 is 11.8 Å². The van der Waals surface area contributed by atoms with Crippen LogP contribution in [0, 0.1) is 0 Å². The Kier molecular flexibility index (Phi) is 4.48. The Hall–Kier alpha value is -2.86. The van der Waals surface area contributed by atoms with E-state index in [0.29, 0.717) is 16.2 Å². The van der Waals surface area contributed by atoms with E-state index < -0.39 is 5.97 Å². The molecule has 6 heteroatoms. The highest BCUT2D eigenvalue weighted by Crippen LogP contribution is 2.35. The maximum absolute atomic E-state index is 12.5. The van der Waals surface area contributed by atoms with Crippen molar-refractivity contribution >= 4 is 40.6 Å². The second-order valence-corrected chi connectivity index (χ2v) is 5.96. The number of thioether (sulfide) groups is 1. The second kappa shape index (κ2) is 6.72. The molecule has 1 aliphatic heterocycles. The molecular formula is C18H13NO4S. The third-order valence-electron chi connectivity index (χ3n) is 3.44. The first kappa shape index (κ1) is 16.0. The summed E-state index contributed by atoms with van der Waals surface area (Å²) in [6, 6.07) is 15.4. The minimum atomic E-state index is -0.425. The van der Waals surface area contributed by atoms with Gasteiger partial charge in [-0.05, 0) is 47.7 Å². The fraction of sp³-hybridized carbons (Fsp3) is 0.0556. The molecule has 5 nitrogen and oxygen atoms in total. The first-order chi connectivity index (χ1) is 11.6. The molecule has 0 radical (unpaired) electrons. The van der Waals surface area contributed by atoms with Crippen molar-refractivity contribution < 1.29 is 19.1 Å². The van der Waals surface area contributed by atoms with Crippen molar-refractivity contribution in [2.45, 2.75) is 0 Å². The van der Waals surface area contributed by atoms with Crippen LogP contribution in [0.2, 0.25) is 0 Å². The van der Waals surface area contributed by atoms with Gasteiger partial charge in [0.05, 0.1) is 23.3 Å². The molecule has 0 saturated carbocycles. The van der Waals surface area contributed by atoms with Crippen LogP contribution in [0.4, 0.5) is 10.5 Å². The number of amides is 2. The summed E-state index contributed by atoms with van der Waals surface area (Å²) in [4.78, 5) is 37.5. The van der Waals surface area contributed by atoms with Gasteiger partial charge in [0.1, 0.15) is 0 Å². The lowest BCUT2D eigenvalue weighted by Crippen LogP contribution is -2.27. The number of carbonyl (C=O) groups excluding carboxylic acids is 3. The zero-order valence-electron chi connectivity index (χ0n) is 12.8. The number of methoxy groups -OCH3 is 1. The van der Waals surface area contributed by atoms with E-state index in [1.54, 1.807) is 54.6 Å². The van der Waals surface area contributed by atoms with Gasteiger partial charge in [0.2, 0.25) is 0 Å². The van der Waals surface area contributed by atoms with E-state index in [0.717, 1.165) is 22.2 Å². The summed E-state index contributed by atoms with van der Waals surface area (Å²) in [5.41, 5.74) is 1.69. The van der Waals surface area contributed by atoms with Crippen LogP contribution in [-0.4, -0.2) is 24.2 Å². The van der Waals surface area contributed by atoms with Crippen LogP contribution in [0.1, 0.15) is 15.9 Å². The highest BCUT2D eigenvalue weighted by atomic mass is 32.2. The fourth-order valence-electron chi connectivity index (χ4n) is 2.25. The van der Waals surface area contributed by atoms with Gasteiger partial charge in [-0.2, -0.15) is 0 Å². The summed E-state index contributed by atoms with van der Waals surface area (Å²) in [6.07, 6.45) is 1.63. The summed E-state index contributed by atoms with van der Waals surface area (Å²) in [6.45, 7) is 0. The van der Waals surface area contributed by atoms with Gasteiger partial charge in [-0.15, -0.1) is 0 Å². The monoisotopic (exact) mass is 339 g/mol. The molecule has 0 N–H and O–H groups in total. The molecule has 0 bridgehead atoms. The number of rotatable bonds is 3. The van der Waals surface area contributed by atoms with Crippen molar-refractivity contribution in [1.82, 2.24) is 0 Å². The van der Waals surface area contributed by atoms with E-state index in [4.69, 9.17) is 0 Å². The summed E-state index contributed by atoms with van der Waals surface area (Å²) in [5, 5.41) is -0.330. The maximum atomic E-state index is 12.5. The van der Waals surface area contributed by atoms with Gasteiger partial charge in [-0.3, -0.25) is 9.59 Å². The normalized spacial score (nSPS) is 15.9. The average Bonchev–Trinajstić information content (AvgIpc) is 2.89. The summed E-state index contributed by atoms with van der Waals surface area (Å²) >= 11 is 0.893. The maximum Gasteiger partial charge on any atom is 0.337 e. The van der Waals surface area contributed by atoms with Gasteiger partial charge >= 0.3 is 5.97 Å². The number of para-hydroxylation sites is 1. The van der Waals surface area contributed by atoms with Crippen molar-refractivity contribution in [1.29, 1.82) is 0 Å². The van der Waals surface area contributed by atoms with Gasteiger partial charge in [-0.1, -0.05) is 30.3 Å². The van der Waals surface area contributed by atoms with Crippen LogP contribution in [0.5, 0.6) is 0 Å². The van der Waals surface area contributed by atoms with Gasteiger partial charge < -0.3 is 4.74 Å². The number of ether oxygens (including phenoxy) is 1. The molecule has 2 aromatic carbocycles. The topological polar surface area (TPSA) is 63.7 Å². The van der Waals surface area contributed by atoms with Crippen molar-refractivity contribution in [2.24, 2.45) is 0 Å². The number of hydrogen-bond acceptors (Lipinski definition) is 5. The predicted octanol–water partition coefficient (Wildman–Crippen LogP) is 3.71. The van der Waals surface area contributed by atoms with Crippen LogP contribution in [0.25, 0.3) is 6.08 Å². The Bertz CT molecular complexity index is 828. The van der Waals surface area contributed by atoms with Crippen LogP contribution in [0.15, 0.2) is 59.5 Å². The molecule has 0 aromatic heterocycles. The Morgan fingerprint density at radius 3 is 2.33 bits per heavy atom. The number of anilines is 1. The number of hydrogen-bond donors (Lipinski definition) is 0. The summed E-state index contributed by atoms with van der Waals surface area (Å²) < 4.78 is 4.64. The highest BCUT2D eigenvalue weighted by molar-refractivity contribution is 8.19. The second-order valence-electron chi connectivity index (χ2n) is 4.97. The number of imide groups is 1. The molecule has 3 rings (SSSR count). The SMILES string of the molecule is COC(=O)c1ccc(/C=C2\SC(=O)N(c3ccccc3)C2=O)cc1. The molecule has 0 aliphatic carbocycles. The first-order valence-corrected chi connectivity index (χ1v) is 7.93. The van der Waals surface area contributed by atoms with Gasteiger partial charge in [0.25, 0.3) is 11.1 Å². The van der Waals surface area contributed by atoms with Gasteiger partial charge in [0, 0.05) is 0 Å². The molecule has 24 heavy (non-hydrogen) atoms. The van der Waals surface area contributed by atoms with E-state index in [-0.39, 0.29) is 11.1 Å². The Morgan fingerprint density at radius 2 is 1.71 bits per heavy atom. The van der Waals surface area contributed by atoms with Crippen LogP contribution in [0.3, 0.4) is 0 Å². The Morgan fingerprint density at radius 1 is 1.04 bits per heavy atom. The van der Waals surface area contributed by atoms with E-state index >= 15 is 0 Å². The van der Waals surface area contributed by atoms with E-state index in [9.17, 15) is 14.4 Å². The van der Waals surface area contributed by atoms with Gasteiger partial charge in [-0.25, -0.2) is 9.69 Å². The highest BCUT2D eigenvalue weighted by Gasteiger charge is 2.36. The predicted molar refractivity (Wildman–Crippen MR) is 92.7 cm³/mol. The third-order valence-corrected chi connectivity index (χ3v) is 4.31. The lowest BCUT2D eigenvalue weighted by molar-refractivity contribution is -0.113. The van der Waals surface area contributed by atoms with E-state index in [2.05, 4.69) is 4.74 Å².